The van der Waals surface area contributed by atoms with Crippen LogP contribution in [0.2, 0.25) is 0 Å². The quantitative estimate of drug-likeness (QED) is 0.301. The van der Waals surface area contributed by atoms with Crippen molar-refractivity contribution < 1.29 is 28.3 Å². The summed E-state index contributed by atoms with van der Waals surface area (Å²) in [6.07, 6.45) is 0.385. The lowest BCUT2D eigenvalue weighted by molar-refractivity contribution is -0.385. The zero-order valence-corrected chi connectivity index (χ0v) is 17.4. The van der Waals surface area contributed by atoms with Gasteiger partial charge in [-0.2, -0.15) is 5.21 Å². The molecule has 0 saturated heterocycles. The first-order valence-electron chi connectivity index (χ1n) is 9.83. The number of fused-ring (bicyclic) bond motifs is 1. The summed E-state index contributed by atoms with van der Waals surface area (Å²) in [7, 11) is 1.19. The predicted octanol–water partition coefficient (Wildman–Crippen LogP) is 1.81. The minimum atomic E-state index is -0.658. The number of nitrogens with one attached hydrogen (secondary N) is 1. The van der Waals surface area contributed by atoms with E-state index in [4.69, 9.17) is 9.47 Å². The van der Waals surface area contributed by atoms with E-state index < -0.39 is 23.3 Å². The van der Waals surface area contributed by atoms with E-state index >= 15 is 0 Å². The second-order valence-electron chi connectivity index (χ2n) is 7.16. The molecule has 0 saturated carbocycles. The van der Waals surface area contributed by atoms with Gasteiger partial charge in [-0.3, -0.25) is 10.1 Å². The van der Waals surface area contributed by atoms with Crippen molar-refractivity contribution in [2.75, 3.05) is 25.2 Å². The highest BCUT2D eigenvalue weighted by Gasteiger charge is 2.30. The molecular formula is C20H19FN6O6. The van der Waals surface area contributed by atoms with Gasteiger partial charge in [0.25, 0.3) is 0 Å². The Labute approximate surface area is 186 Å². The van der Waals surface area contributed by atoms with E-state index in [1.54, 1.807) is 12.1 Å². The van der Waals surface area contributed by atoms with Gasteiger partial charge in [-0.25, -0.2) is 9.18 Å². The third kappa shape index (κ3) is 4.97. The van der Waals surface area contributed by atoms with Crippen LogP contribution in [0.3, 0.4) is 0 Å². The van der Waals surface area contributed by atoms with Crippen molar-refractivity contribution in [3.63, 3.8) is 0 Å². The van der Waals surface area contributed by atoms with Gasteiger partial charge in [0.15, 0.2) is 18.2 Å². The van der Waals surface area contributed by atoms with Gasteiger partial charge in [-0.1, -0.05) is 11.3 Å². The molecule has 0 aliphatic carbocycles. The van der Waals surface area contributed by atoms with E-state index in [2.05, 4.69) is 25.4 Å². The third-order valence-electron chi connectivity index (χ3n) is 5.06. The minimum Gasteiger partial charge on any atom is -0.489 e. The van der Waals surface area contributed by atoms with Crippen LogP contribution < -0.4 is 14.4 Å². The normalized spacial score (nSPS) is 14.8. The molecule has 1 aliphatic rings. The highest BCUT2D eigenvalue weighted by Crippen LogP contribution is 2.37. The second kappa shape index (κ2) is 9.46. The fraction of sp³-hybridized carbons (Fsp3) is 0.300. The van der Waals surface area contributed by atoms with Crippen LogP contribution in [-0.4, -0.2) is 57.9 Å². The molecule has 172 valence electrons. The number of hydrogen-bond acceptors (Lipinski definition) is 10. The first kappa shape index (κ1) is 21.9. The number of ether oxygens (including phenoxy) is 3. The highest BCUT2D eigenvalue weighted by molar-refractivity contribution is 5.71. The number of carbonyl (C=O) groups excluding carboxylic acids is 1. The smallest absolute Gasteiger partial charge is 0.343 e. The van der Waals surface area contributed by atoms with Crippen molar-refractivity contribution in [1.29, 1.82) is 0 Å². The molecular weight excluding hydrogens is 439 g/mol. The fourth-order valence-corrected chi connectivity index (χ4v) is 3.49. The Morgan fingerprint density at radius 3 is 2.94 bits per heavy atom. The first-order chi connectivity index (χ1) is 15.9. The lowest BCUT2D eigenvalue weighted by Crippen LogP contribution is -2.44. The number of rotatable bonds is 8. The Kier molecular flexibility index (Phi) is 6.29. The SMILES string of the molecule is COC(=O)COc1ccc(CN2c3ccc(F)cc3OC[C@@H]2Cc2nn[nH]n2)cc1[N+](=O)[O-]. The van der Waals surface area contributed by atoms with Crippen LogP contribution in [0.15, 0.2) is 36.4 Å². The number of tetrazole rings is 1. The van der Waals surface area contributed by atoms with Crippen LogP contribution in [0.25, 0.3) is 0 Å². The van der Waals surface area contributed by atoms with Gasteiger partial charge >= 0.3 is 11.7 Å². The molecule has 1 N–H and O–H groups in total. The zero-order chi connectivity index (χ0) is 23.4. The number of H-pyrrole nitrogens is 1. The van der Waals surface area contributed by atoms with E-state index in [1.165, 1.54) is 31.4 Å². The number of nitrogens with zero attached hydrogens (tertiary/aromatic N) is 5. The molecule has 2 aromatic carbocycles. The van der Waals surface area contributed by atoms with E-state index in [0.717, 1.165) is 0 Å². The molecule has 0 radical (unpaired) electrons. The van der Waals surface area contributed by atoms with Crippen molar-refractivity contribution >= 4 is 17.3 Å². The molecule has 0 amide bonds. The molecule has 0 spiro atoms. The molecule has 33 heavy (non-hydrogen) atoms. The maximum atomic E-state index is 13.7. The van der Waals surface area contributed by atoms with Gasteiger partial charge in [0.05, 0.1) is 23.8 Å². The van der Waals surface area contributed by atoms with E-state index in [1.807, 2.05) is 4.90 Å². The number of hydrogen-bond donors (Lipinski definition) is 1. The molecule has 4 rings (SSSR count). The van der Waals surface area contributed by atoms with Crippen LogP contribution in [0.1, 0.15) is 11.4 Å². The fourth-order valence-electron chi connectivity index (χ4n) is 3.49. The summed E-state index contributed by atoms with van der Waals surface area (Å²) in [5.74, 6) is -0.312. The average molecular weight is 458 g/mol. The number of anilines is 1. The van der Waals surface area contributed by atoms with Crippen LogP contribution in [-0.2, 0) is 22.5 Å². The molecule has 12 nitrogen and oxygen atoms in total. The van der Waals surface area contributed by atoms with Gasteiger partial charge in [-0.15, -0.1) is 10.2 Å². The summed E-state index contributed by atoms with van der Waals surface area (Å²) >= 11 is 0. The molecule has 0 unspecified atom stereocenters. The summed E-state index contributed by atoms with van der Waals surface area (Å²) < 4.78 is 29.2. The van der Waals surface area contributed by atoms with Crippen molar-refractivity contribution in [2.45, 2.75) is 19.0 Å². The van der Waals surface area contributed by atoms with Crippen molar-refractivity contribution in [3.8, 4) is 11.5 Å². The number of aromatic amines is 1. The Balaban J connectivity index is 1.63. The summed E-state index contributed by atoms with van der Waals surface area (Å²) in [5, 5.41) is 25.5. The Morgan fingerprint density at radius 2 is 2.21 bits per heavy atom. The summed E-state index contributed by atoms with van der Waals surface area (Å²) in [5.41, 5.74) is 0.936. The van der Waals surface area contributed by atoms with E-state index in [0.29, 0.717) is 29.2 Å². The topological polar surface area (TPSA) is 146 Å². The molecule has 1 aromatic heterocycles. The number of aromatic nitrogens is 4. The number of esters is 1. The van der Waals surface area contributed by atoms with Crippen molar-refractivity contribution in [3.05, 3.63) is 63.7 Å². The van der Waals surface area contributed by atoms with E-state index in [-0.39, 0.29) is 30.6 Å². The van der Waals surface area contributed by atoms with Gasteiger partial charge in [0, 0.05) is 25.1 Å². The van der Waals surface area contributed by atoms with Crippen LogP contribution >= 0.6 is 0 Å². The van der Waals surface area contributed by atoms with Gasteiger partial charge < -0.3 is 19.1 Å². The van der Waals surface area contributed by atoms with Crippen LogP contribution in [0, 0.1) is 15.9 Å². The summed E-state index contributed by atoms with van der Waals surface area (Å²) in [4.78, 5) is 24.3. The molecule has 1 atom stereocenters. The maximum Gasteiger partial charge on any atom is 0.343 e. The second-order valence-corrected chi connectivity index (χ2v) is 7.16. The molecule has 13 heteroatoms. The molecule has 0 bridgehead atoms. The van der Waals surface area contributed by atoms with Crippen molar-refractivity contribution in [1.82, 2.24) is 20.6 Å². The van der Waals surface area contributed by atoms with Crippen LogP contribution in [0.5, 0.6) is 11.5 Å². The van der Waals surface area contributed by atoms with E-state index in [9.17, 15) is 19.3 Å². The lowest BCUT2D eigenvalue weighted by Gasteiger charge is -2.38. The standard InChI is InChI=1S/C20H19FN6O6/c1-31-20(28)11-33-17-5-2-12(6-16(17)27(29)30)9-26-14(8-19-22-24-25-23-19)10-32-18-7-13(21)3-4-15(18)26/h2-7,14H,8-11H2,1H3,(H,22,23,24,25)/t14-/m0/s1. The minimum absolute atomic E-state index is 0.0538. The Morgan fingerprint density at radius 1 is 1.36 bits per heavy atom. The van der Waals surface area contributed by atoms with Gasteiger partial charge in [-0.05, 0) is 23.8 Å². The lowest BCUT2D eigenvalue weighted by atomic mass is 10.1. The Hall–Kier alpha value is -4.29. The molecule has 1 aliphatic heterocycles. The number of carbonyl (C=O) groups is 1. The summed E-state index contributed by atoms with van der Waals surface area (Å²) in [6.45, 7) is 0.0297. The van der Waals surface area contributed by atoms with Gasteiger partial charge in [0.1, 0.15) is 18.2 Å². The summed E-state index contributed by atoms with van der Waals surface area (Å²) in [6, 6.07) is 8.42. The number of halogens is 1. The largest absolute Gasteiger partial charge is 0.489 e. The van der Waals surface area contributed by atoms with Crippen LogP contribution in [0.4, 0.5) is 15.8 Å². The number of benzene rings is 2. The predicted molar refractivity (Wildman–Crippen MR) is 110 cm³/mol. The third-order valence-corrected chi connectivity index (χ3v) is 5.06. The zero-order valence-electron chi connectivity index (χ0n) is 17.4. The van der Waals surface area contributed by atoms with Crippen molar-refractivity contribution in [2.24, 2.45) is 0 Å². The average Bonchev–Trinajstić information content (AvgIpc) is 3.32. The highest BCUT2D eigenvalue weighted by atomic mass is 19.1. The Bertz CT molecular complexity index is 1160. The number of methoxy groups -OCH3 is 1. The first-order valence-corrected chi connectivity index (χ1v) is 9.83. The maximum absolute atomic E-state index is 13.7. The van der Waals surface area contributed by atoms with Gasteiger partial charge in [0.2, 0.25) is 0 Å². The number of nitro benzene ring substituents is 1. The molecule has 0 fully saturated rings. The number of nitro groups is 1. The molecule has 2 heterocycles. The monoisotopic (exact) mass is 458 g/mol. The molecule has 3 aromatic rings.